The van der Waals surface area contributed by atoms with Crippen molar-refractivity contribution in [1.82, 2.24) is 4.72 Å². The number of benzene rings is 1. The summed E-state index contributed by atoms with van der Waals surface area (Å²) in [6.07, 6.45) is 5.06. The Bertz CT molecular complexity index is 548. The number of halogens is 2. The summed E-state index contributed by atoms with van der Waals surface area (Å²) in [6, 6.07) is 2.11. The van der Waals surface area contributed by atoms with Gasteiger partial charge >= 0.3 is 0 Å². The van der Waals surface area contributed by atoms with Crippen molar-refractivity contribution in [3.63, 3.8) is 0 Å². The van der Waals surface area contributed by atoms with Gasteiger partial charge in [0.25, 0.3) is 0 Å². The van der Waals surface area contributed by atoms with Gasteiger partial charge in [-0.25, -0.2) is 17.5 Å². The van der Waals surface area contributed by atoms with Crippen LogP contribution in [-0.4, -0.2) is 26.2 Å². The second-order valence-electron chi connectivity index (χ2n) is 3.51. The largest absolute Gasteiger partial charge is 0.395 e. The quantitative estimate of drug-likeness (QED) is 0.800. The summed E-state index contributed by atoms with van der Waals surface area (Å²) in [4.78, 5) is -0.317. The lowest BCUT2D eigenvalue weighted by Crippen LogP contribution is -2.37. The maximum Gasteiger partial charge on any atom is 0.241 e. The number of hydrogen-bond donors (Lipinski definition) is 2. The fraction of sp³-hybridized carbons (Fsp3) is 0.273. The van der Waals surface area contributed by atoms with E-state index < -0.39 is 28.5 Å². The van der Waals surface area contributed by atoms with Gasteiger partial charge in [0.2, 0.25) is 10.0 Å². The summed E-state index contributed by atoms with van der Waals surface area (Å²) in [7, 11) is -3.97. The molecule has 7 heteroatoms. The van der Waals surface area contributed by atoms with Crippen molar-refractivity contribution in [1.29, 1.82) is 0 Å². The molecule has 0 amide bonds. The summed E-state index contributed by atoms with van der Waals surface area (Å²) in [6.45, 7) is -0.452. The molecule has 0 aromatic heterocycles. The molecule has 0 aliphatic rings. The average molecular weight is 292 g/mol. The highest BCUT2D eigenvalue weighted by Gasteiger charge is 2.20. The van der Waals surface area contributed by atoms with E-state index in [1.54, 1.807) is 0 Å². The Hall–Kier alpha value is -1.13. The van der Waals surface area contributed by atoms with E-state index in [1.807, 2.05) is 0 Å². The van der Waals surface area contributed by atoms with Gasteiger partial charge in [-0.3, -0.25) is 0 Å². The molecule has 0 radical (unpaired) electrons. The molecule has 98 valence electrons. The van der Waals surface area contributed by atoms with Crippen LogP contribution in [0.25, 0.3) is 0 Å². The Morgan fingerprint density at radius 2 is 2.17 bits per heavy atom. The second kappa shape index (κ2) is 6.16. The van der Waals surface area contributed by atoms with Crippen LogP contribution in [0.15, 0.2) is 23.1 Å². The lowest BCUT2D eigenvalue weighted by atomic mass is 10.2. The maximum absolute atomic E-state index is 13.1. The normalized spacial score (nSPS) is 13.0. The van der Waals surface area contributed by atoms with Crippen LogP contribution in [0.5, 0.6) is 0 Å². The first-order valence-corrected chi connectivity index (χ1v) is 6.78. The highest BCUT2D eigenvalue weighted by Crippen LogP contribution is 2.18. The minimum atomic E-state index is -3.97. The fourth-order valence-corrected chi connectivity index (χ4v) is 2.83. The molecule has 0 saturated heterocycles. The lowest BCUT2D eigenvalue weighted by Gasteiger charge is -2.14. The molecule has 4 nitrogen and oxygen atoms in total. The molecule has 1 aromatic carbocycles. The van der Waals surface area contributed by atoms with Gasteiger partial charge in [0.05, 0.1) is 17.5 Å². The smallest absolute Gasteiger partial charge is 0.241 e. The van der Waals surface area contributed by atoms with Crippen LogP contribution in [0, 0.1) is 18.2 Å². The van der Waals surface area contributed by atoms with E-state index in [0.29, 0.717) is 0 Å². The number of rotatable bonds is 5. The standard InChI is InChI=1S/C11H11ClFNO3S/c1-2-3-10(7-15)14-18(16,17)11-5-8(12)4-9(13)6-11/h1,4-6,10,14-15H,3,7H2. The van der Waals surface area contributed by atoms with Gasteiger partial charge in [-0.2, -0.15) is 0 Å². The summed E-state index contributed by atoms with van der Waals surface area (Å²) < 4.78 is 39.0. The minimum absolute atomic E-state index is 0.0266. The molecule has 0 bridgehead atoms. The van der Waals surface area contributed by atoms with Crippen LogP contribution in [0.3, 0.4) is 0 Å². The first-order chi connectivity index (χ1) is 8.39. The van der Waals surface area contributed by atoms with Gasteiger partial charge in [0.15, 0.2) is 0 Å². The number of terminal acetylenes is 1. The van der Waals surface area contributed by atoms with E-state index in [4.69, 9.17) is 23.1 Å². The van der Waals surface area contributed by atoms with Crippen molar-refractivity contribution in [2.75, 3.05) is 6.61 Å². The van der Waals surface area contributed by atoms with Gasteiger partial charge in [-0.15, -0.1) is 12.3 Å². The Kier molecular flexibility index (Phi) is 5.11. The Morgan fingerprint density at radius 3 is 2.67 bits per heavy atom. The molecule has 0 aliphatic carbocycles. The zero-order valence-electron chi connectivity index (χ0n) is 9.23. The van der Waals surface area contributed by atoms with Crippen molar-refractivity contribution < 1.29 is 17.9 Å². The topological polar surface area (TPSA) is 66.4 Å². The monoisotopic (exact) mass is 291 g/mol. The van der Waals surface area contributed by atoms with Gasteiger partial charge in [0, 0.05) is 11.4 Å². The molecule has 18 heavy (non-hydrogen) atoms. The molecule has 1 aromatic rings. The number of aliphatic hydroxyl groups excluding tert-OH is 1. The van der Waals surface area contributed by atoms with Crippen molar-refractivity contribution >= 4 is 21.6 Å². The van der Waals surface area contributed by atoms with Crippen LogP contribution in [0.4, 0.5) is 4.39 Å². The summed E-state index contributed by atoms with van der Waals surface area (Å²) >= 11 is 5.57. The van der Waals surface area contributed by atoms with Gasteiger partial charge in [-0.05, 0) is 18.2 Å². The first kappa shape index (κ1) is 14.9. The zero-order chi connectivity index (χ0) is 13.8. The number of aliphatic hydroxyl groups is 1. The van der Waals surface area contributed by atoms with E-state index in [9.17, 15) is 12.8 Å². The maximum atomic E-state index is 13.1. The van der Waals surface area contributed by atoms with Crippen LogP contribution < -0.4 is 4.72 Å². The number of hydrogen-bond acceptors (Lipinski definition) is 3. The second-order valence-corrected chi connectivity index (χ2v) is 5.66. The molecular weight excluding hydrogens is 281 g/mol. The molecule has 1 rings (SSSR count). The Balaban J connectivity index is 3.03. The van der Waals surface area contributed by atoms with Crippen molar-refractivity contribution in [3.8, 4) is 12.3 Å². The van der Waals surface area contributed by atoms with E-state index in [0.717, 1.165) is 18.2 Å². The van der Waals surface area contributed by atoms with E-state index >= 15 is 0 Å². The van der Waals surface area contributed by atoms with Gasteiger partial charge in [0.1, 0.15) is 5.82 Å². The molecule has 2 N–H and O–H groups in total. The molecule has 0 fully saturated rings. The third kappa shape index (κ3) is 3.96. The predicted octanol–water partition coefficient (Wildman–Crippen LogP) is 1.14. The molecule has 1 unspecified atom stereocenters. The van der Waals surface area contributed by atoms with Crippen molar-refractivity contribution in [2.45, 2.75) is 17.4 Å². The fourth-order valence-electron chi connectivity index (χ4n) is 1.26. The van der Waals surface area contributed by atoms with Crippen LogP contribution in [0.2, 0.25) is 5.02 Å². The summed E-state index contributed by atoms with van der Waals surface area (Å²) in [5.74, 6) is 1.46. The highest BCUT2D eigenvalue weighted by molar-refractivity contribution is 7.89. The molecular formula is C11H11ClFNO3S. The van der Waals surface area contributed by atoms with Crippen molar-refractivity contribution in [3.05, 3.63) is 29.0 Å². The summed E-state index contributed by atoms with van der Waals surface area (Å²) in [5.41, 5.74) is 0. The van der Waals surface area contributed by atoms with Gasteiger partial charge in [-0.1, -0.05) is 11.6 Å². The van der Waals surface area contributed by atoms with E-state index in [2.05, 4.69) is 10.6 Å². The molecule has 0 aliphatic heterocycles. The first-order valence-electron chi connectivity index (χ1n) is 4.92. The number of nitrogens with one attached hydrogen (secondary N) is 1. The third-order valence-electron chi connectivity index (χ3n) is 2.05. The molecule has 0 spiro atoms. The highest BCUT2D eigenvalue weighted by atomic mass is 35.5. The zero-order valence-corrected chi connectivity index (χ0v) is 10.8. The summed E-state index contributed by atoms with van der Waals surface area (Å²) in [5, 5.41) is 8.92. The van der Waals surface area contributed by atoms with Crippen molar-refractivity contribution in [2.24, 2.45) is 0 Å². The lowest BCUT2D eigenvalue weighted by molar-refractivity contribution is 0.258. The van der Waals surface area contributed by atoms with Gasteiger partial charge < -0.3 is 5.11 Å². The Labute approximate surface area is 110 Å². The third-order valence-corrected chi connectivity index (χ3v) is 3.77. The Morgan fingerprint density at radius 1 is 1.50 bits per heavy atom. The van der Waals surface area contributed by atoms with E-state index in [1.165, 1.54) is 0 Å². The predicted molar refractivity (Wildman–Crippen MR) is 66.1 cm³/mol. The van der Waals surface area contributed by atoms with Crippen LogP contribution in [-0.2, 0) is 10.0 Å². The van der Waals surface area contributed by atoms with Crippen LogP contribution >= 0.6 is 11.6 Å². The number of sulfonamides is 1. The van der Waals surface area contributed by atoms with E-state index in [-0.39, 0.29) is 16.3 Å². The minimum Gasteiger partial charge on any atom is -0.395 e. The molecule has 0 heterocycles. The SMILES string of the molecule is C#CCC(CO)NS(=O)(=O)c1cc(F)cc(Cl)c1. The molecule has 0 saturated carbocycles. The average Bonchev–Trinajstić information content (AvgIpc) is 2.27. The van der Waals surface area contributed by atoms with Crippen LogP contribution in [0.1, 0.15) is 6.42 Å². The molecule has 1 atom stereocenters.